The van der Waals surface area contributed by atoms with Crippen molar-refractivity contribution in [2.24, 2.45) is 0 Å². The van der Waals surface area contributed by atoms with Gasteiger partial charge in [-0.3, -0.25) is 4.79 Å². The lowest BCUT2D eigenvalue weighted by Crippen LogP contribution is -2.64. The molecule has 0 atom stereocenters. The van der Waals surface area contributed by atoms with E-state index in [0.717, 1.165) is 50.3 Å². The van der Waals surface area contributed by atoms with E-state index < -0.39 is 0 Å². The second kappa shape index (κ2) is 7.83. The Bertz CT molecular complexity index is 851. The second-order valence-electron chi connectivity index (χ2n) is 8.89. The summed E-state index contributed by atoms with van der Waals surface area (Å²) in [5, 5.41) is 3.38. The Labute approximate surface area is 173 Å². The molecule has 2 heterocycles. The van der Waals surface area contributed by atoms with Crippen LogP contribution in [-0.4, -0.2) is 42.6 Å². The summed E-state index contributed by atoms with van der Waals surface area (Å²) in [5.41, 5.74) is 3.27. The van der Waals surface area contributed by atoms with E-state index in [4.69, 9.17) is 0 Å². The Morgan fingerprint density at radius 2 is 1.59 bits per heavy atom. The van der Waals surface area contributed by atoms with Gasteiger partial charge in [0.15, 0.2) is 0 Å². The maximum atomic E-state index is 12.7. The number of rotatable bonds is 4. The Morgan fingerprint density at radius 1 is 0.897 bits per heavy atom. The molecule has 2 aromatic carbocycles. The minimum Gasteiger partial charge on any atom is -0.347 e. The van der Waals surface area contributed by atoms with Crippen molar-refractivity contribution in [3.63, 3.8) is 0 Å². The van der Waals surface area contributed by atoms with E-state index in [0.29, 0.717) is 5.92 Å². The number of amides is 1. The highest BCUT2D eigenvalue weighted by Crippen LogP contribution is 2.40. The van der Waals surface area contributed by atoms with Crippen molar-refractivity contribution >= 4 is 11.6 Å². The van der Waals surface area contributed by atoms with Crippen LogP contribution in [0.15, 0.2) is 54.6 Å². The normalized spacial score (nSPS) is 21.9. The molecule has 0 unspecified atom stereocenters. The Kier molecular flexibility index (Phi) is 5.04. The van der Waals surface area contributed by atoms with Gasteiger partial charge in [0.2, 0.25) is 0 Å². The minimum atomic E-state index is -0.173. The molecule has 1 amide bonds. The van der Waals surface area contributed by atoms with Gasteiger partial charge in [0.1, 0.15) is 5.66 Å². The molecule has 4 nitrogen and oxygen atoms in total. The third-order valence-electron chi connectivity index (χ3n) is 7.23. The van der Waals surface area contributed by atoms with Gasteiger partial charge in [-0.25, -0.2) is 0 Å². The highest BCUT2D eigenvalue weighted by molar-refractivity contribution is 6.02. The molecule has 2 aliphatic heterocycles. The molecule has 29 heavy (non-hydrogen) atoms. The Hall–Kier alpha value is -2.33. The first kappa shape index (κ1) is 18.7. The van der Waals surface area contributed by atoms with E-state index in [1.165, 1.54) is 31.2 Å². The van der Waals surface area contributed by atoms with Gasteiger partial charge in [0, 0.05) is 13.1 Å². The van der Waals surface area contributed by atoms with E-state index in [1.54, 1.807) is 0 Å². The van der Waals surface area contributed by atoms with E-state index >= 15 is 0 Å². The molecule has 0 radical (unpaired) electrons. The first-order valence-corrected chi connectivity index (χ1v) is 11.2. The molecule has 1 saturated carbocycles. The molecular weight excluding hydrogens is 358 g/mol. The number of fused-ring (bicyclic) bond motifs is 1. The van der Waals surface area contributed by atoms with Crippen LogP contribution in [0.25, 0.3) is 0 Å². The van der Waals surface area contributed by atoms with Crippen molar-refractivity contribution in [3.8, 4) is 0 Å². The quantitative estimate of drug-likeness (QED) is 0.843. The summed E-state index contributed by atoms with van der Waals surface area (Å²) >= 11 is 0. The second-order valence-corrected chi connectivity index (χ2v) is 8.89. The maximum Gasteiger partial charge on any atom is 0.255 e. The minimum absolute atomic E-state index is 0.0995. The van der Waals surface area contributed by atoms with E-state index in [-0.39, 0.29) is 11.6 Å². The number of carbonyl (C=O) groups excluding carboxylic acids is 1. The van der Waals surface area contributed by atoms with Crippen LogP contribution in [0.1, 0.15) is 60.4 Å². The third kappa shape index (κ3) is 3.55. The van der Waals surface area contributed by atoms with Crippen molar-refractivity contribution in [1.82, 2.24) is 10.2 Å². The number of para-hydroxylation sites is 1. The van der Waals surface area contributed by atoms with Crippen molar-refractivity contribution in [2.45, 2.75) is 50.1 Å². The molecule has 5 rings (SSSR count). The lowest BCUT2D eigenvalue weighted by molar-refractivity contribution is 0.0878. The number of nitrogens with one attached hydrogen (secondary N) is 1. The zero-order valence-corrected chi connectivity index (χ0v) is 17.1. The summed E-state index contributed by atoms with van der Waals surface area (Å²) in [5.74, 6) is 0.797. The number of hydrogen-bond acceptors (Lipinski definition) is 3. The molecule has 2 fully saturated rings. The average Bonchev–Trinajstić information content (AvgIpc) is 3.23. The predicted octanol–water partition coefficient (Wildman–Crippen LogP) is 4.39. The first-order chi connectivity index (χ1) is 14.3. The summed E-state index contributed by atoms with van der Waals surface area (Å²) < 4.78 is 0. The van der Waals surface area contributed by atoms with Crippen LogP contribution in [0.3, 0.4) is 0 Å². The van der Waals surface area contributed by atoms with Crippen LogP contribution >= 0.6 is 0 Å². The van der Waals surface area contributed by atoms with Crippen molar-refractivity contribution in [1.29, 1.82) is 0 Å². The van der Waals surface area contributed by atoms with E-state index in [2.05, 4.69) is 57.6 Å². The van der Waals surface area contributed by atoms with Gasteiger partial charge in [0.25, 0.3) is 5.91 Å². The third-order valence-corrected chi connectivity index (χ3v) is 7.23. The number of nitrogens with zero attached hydrogens (tertiary/aromatic N) is 2. The molecule has 3 aliphatic rings. The zero-order valence-electron chi connectivity index (χ0n) is 17.1. The molecule has 1 saturated heterocycles. The monoisotopic (exact) mass is 389 g/mol. The van der Waals surface area contributed by atoms with Crippen molar-refractivity contribution in [3.05, 3.63) is 65.7 Å². The van der Waals surface area contributed by atoms with Crippen molar-refractivity contribution in [2.75, 3.05) is 31.1 Å². The smallest absolute Gasteiger partial charge is 0.255 e. The van der Waals surface area contributed by atoms with E-state index in [9.17, 15) is 4.79 Å². The van der Waals surface area contributed by atoms with Crippen LogP contribution in [-0.2, 0) is 0 Å². The lowest BCUT2D eigenvalue weighted by atomic mass is 9.89. The molecule has 1 spiro atoms. The molecule has 0 bridgehead atoms. The lowest BCUT2D eigenvalue weighted by Gasteiger charge is -2.48. The molecule has 152 valence electrons. The summed E-state index contributed by atoms with van der Waals surface area (Å²) in [4.78, 5) is 17.8. The standard InChI is InChI=1S/C25H31N3O/c29-24-22-10-4-5-11-23(22)28(25(26-24)14-6-7-15-25)19-18-27-16-12-21(13-17-27)20-8-2-1-3-9-20/h1-5,8-11,21H,6-7,12-19H2,(H,26,29). The van der Waals surface area contributed by atoms with E-state index in [1.807, 2.05) is 12.1 Å². The number of hydrogen-bond donors (Lipinski definition) is 1. The van der Waals surface area contributed by atoms with Gasteiger partial charge in [-0.15, -0.1) is 0 Å². The SMILES string of the molecule is O=C1NC2(CCCC2)N(CCN2CCC(c3ccccc3)CC2)c2ccccc21. The molecule has 2 aromatic rings. The summed E-state index contributed by atoms with van der Waals surface area (Å²) in [6, 6.07) is 19.1. The van der Waals surface area contributed by atoms with Gasteiger partial charge in [-0.2, -0.15) is 0 Å². The predicted molar refractivity (Wildman–Crippen MR) is 117 cm³/mol. The topological polar surface area (TPSA) is 35.6 Å². The number of piperidine rings is 1. The highest BCUT2D eigenvalue weighted by Gasteiger charge is 2.45. The Morgan fingerprint density at radius 3 is 2.34 bits per heavy atom. The number of likely N-dealkylation sites (tertiary alicyclic amines) is 1. The van der Waals surface area contributed by atoms with Crippen LogP contribution in [0.2, 0.25) is 0 Å². The van der Waals surface area contributed by atoms with Crippen LogP contribution in [0, 0.1) is 0 Å². The maximum absolute atomic E-state index is 12.7. The van der Waals surface area contributed by atoms with Gasteiger partial charge < -0.3 is 15.1 Å². The van der Waals surface area contributed by atoms with Crippen molar-refractivity contribution < 1.29 is 4.79 Å². The highest BCUT2D eigenvalue weighted by atomic mass is 16.2. The number of carbonyl (C=O) groups is 1. The number of benzene rings is 2. The van der Waals surface area contributed by atoms with Crippen LogP contribution < -0.4 is 10.2 Å². The van der Waals surface area contributed by atoms with Crippen LogP contribution in [0.4, 0.5) is 5.69 Å². The van der Waals surface area contributed by atoms with Gasteiger partial charge in [0.05, 0.1) is 11.3 Å². The molecule has 1 N–H and O–H groups in total. The summed E-state index contributed by atoms with van der Waals surface area (Å²) in [6.07, 6.45) is 6.99. The average molecular weight is 390 g/mol. The summed E-state index contributed by atoms with van der Waals surface area (Å²) in [6.45, 7) is 4.36. The fraction of sp³-hybridized carbons (Fsp3) is 0.480. The van der Waals surface area contributed by atoms with Crippen LogP contribution in [0.5, 0.6) is 0 Å². The molecule has 0 aromatic heterocycles. The fourth-order valence-corrected chi connectivity index (χ4v) is 5.62. The van der Waals surface area contributed by atoms with Gasteiger partial charge in [-0.05, 0) is 75.2 Å². The molecule has 4 heteroatoms. The first-order valence-electron chi connectivity index (χ1n) is 11.2. The zero-order chi connectivity index (χ0) is 19.7. The largest absolute Gasteiger partial charge is 0.347 e. The molecule has 1 aliphatic carbocycles. The van der Waals surface area contributed by atoms with Gasteiger partial charge in [-0.1, -0.05) is 42.5 Å². The molecular formula is C25H31N3O. The Balaban J connectivity index is 1.27. The fourth-order valence-electron chi connectivity index (χ4n) is 5.62. The summed E-state index contributed by atoms with van der Waals surface area (Å²) in [7, 11) is 0. The number of anilines is 1. The van der Waals surface area contributed by atoms with Gasteiger partial charge >= 0.3 is 0 Å².